The molecule has 7 heavy (non-hydrogen) atoms. The quantitative estimate of drug-likeness (QED) is 0.385. The molecular formula is C2H3HgO3Pb. The van der Waals surface area contributed by atoms with Gasteiger partial charge in [0, 0.05) is 5.97 Å². The summed E-state index contributed by atoms with van der Waals surface area (Å²) >= 11 is 0.0556. The second-order valence-electron chi connectivity index (χ2n) is 0.492. The maximum absolute atomic E-state index is 8.89. The van der Waals surface area contributed by atoms with E-state index in [9.17, 15) is 0 Å². The first-order valence-electron chi connectivity index (χ1n) is 1.11. The third kappa shape index (κ3) is 147. The molecular weight excluding hydrogens is 480 g/mol. The molecule has 3 radical (unpaired) electrons. The van der Waals surface area contributed by atoms with Gasteiger partial charge in [0.05, 0.1) is 0 Å². The monoisotopic (exact) mass is 485 g/mol. The van der Waals surface area contributed by atoms with Crippen molar-refractivity contribution in [2.45, 2.75) is 6.92 Å². The van der Waals surface area contributed by atoms with Crippen LogP contribution in [0.1, 0.15) is 6.92 Å². The summed E-state index contributed by atoms with van der Waals surface area (Å²) in [7, 11) is 0. The first kappa shape index (κ1) is 15.7. The number of hydrogen-bond donors (Lipinski definition) is 0. The molecule has 0 aromatic carbocycles. The van der Waals surface area contributed by atoms with Crippen molar-refractivity contribution in [2.24, 2.45) is 0 Å². The molecule has 0 aliphatic carbocycles. The van der Waals surface area contributed by atoms with Crippen LogP contribution in [0.2, 0.25) is 0 Å². The van der Waals surface area contributed by atoms with Gasteiger partial charge in [-0.2, -0.15) is 0 Å². The van der Waals surface area contributed by atoms with E-state index in [2.05, 4.69) is 0 Å². The van der Waals surface area contributed by atoms with Gasteiger partial charge in [0.1, 0.15) is 0 Å². The van der Waals surface area contributed by atoms with Gasteiger partial charge in [0.15, 0.2) is 0 Å². The molecule has 0 rings (SSSR count). The molecule has 0 aromatic heterocycles. The average Bonchev–Trinajstić information content (AvgIpc) is 1.41. The predicted octanol–water partition coefficient (Wildman–Crippen LogP) is -1.75. The van der Waals surface area contributed by atoms with E-state index >= 15 is 0 Å². The van der Waals surface area contributed by atoms with Crippen LogP contribution in [0.5, 0.6) is 0 Å². The van der Waals surface area contributed by atoms with Gasteiger partial charge in [-0.3, -0.25) is 0 Å². The van der Waals surface area contributed by atoms with Crippen molar-refractivity contribution in [1.82, 2.24) is 0 Å². The van der Waals surface area contributed by atoms with Crippen molar-refractivity contribution in [3.8, 4) is 0 Å². The number of carboxylic acids is 1. The van der Waals surface area contributed by atoms with E-state index in [4.69, 9.17) is 12.6 Å². The van der Waals surface area contributed by atoms with E-state index in [0.29, 0.717) is 0 Å². The molecule has 0 atom stereocenters. The Balaban J connectivity index is -0.0000000480. The van der Waals surface area contributed by atoms with Crippen LogP contribution >= 0.6 is 0 Å². The summed E-state index contributed by atoms with van der Waals surface area (Å²) in [6, 6.07) is 0. The molecule has 5 heteroatoms. The number of aliphatic carboxylic acids is 1. The Bertz CT molecular complexity index is 44.2. The average molecular weight is 483 g/mol. The fourth-order valence-corrected chi connectivity index (χ4v) is 0. The second-order valence-corrected chi connectivity index (χ2v) is 0.492. The van der Waals surface area contributed by atoms with E-state index in [-0.39, 0.29) is 53.4 Å². The van der Waals surface area contributed by atoms with Gasteiger partial charge in [-0.05, 0) is 6.92 Å². The van der Waals surface area contributed by atoms with Gasteiger partial charge in [-0.15, -0.1) is 0 Å². The molecule has 0 unspecified atom stereocenters. The van der Waals surface area contributed by atoms with Crippen LogP contribution in [0.15, 0.2) is 0 Å². The van der Waals surface area contributed by atoms with Gasteiger partial charge in [0.25, 0.3) is 0 Å². The zero-order valence-electron chi connectivity index (χ0n) is 3.93. The van der Waals surface area contributed by atoms with Gasteiger partial charge in [-0.1, -0.05) is 0 Å². The molecule has 0 amide bonds. The first-order valence-corrected chi connectivity index (χ1v) is 2.70. The molecule has 0 aliphatic rings. The molecule has 0 aromatic rings. The van der Waals surface area contributed by atoms with E-state index in [0.717, 1.165) is 6.92 Å². The zero-order chi connectivity index (χ0) is 5.58. The Morgan fingerprint density at radius 2 is 1.57 bits per heavy atom. The third-order valence-electron chi connectivity index (χ3n) is 0. The molecule has 0 spiro atoms. The van der Waals surface area contributed by atoms with Crippen molar-refractivity contribution < 1.29 is 40.3 Å². The summed E-state index contributed by atoms with van der Waals surface area (Å²) in [5.74, 6) is -1.08. The van der Waals surface area contributed by atoms with Crippen molar-refractivity contribution >= 4 is 31.7 Å². The van der Waals surface area contributed by atoms with E-state index < -0.39 is 5.97 Å². The summed E-state index contributed by atoms with van der Waals surface area (Å²) in [4.78, 5) is 8.89. The SMILES string of the molecule is CC(=O)[O-].[Hg+].[O]=[Pb]. The van der Waals surface area contributed by atoms with Gasteiger partial charge < -0.3 is 9.90 Å². The van der Waals surface area contributed by atoms with Gasteiger partial charge in [0.2, 0.25) is 0 Å². The number of carboxylic acid groups (broad SMARTS) is 1. The minimum absolute atomic E-state index is 0. The predicted molar refractivity (Wildman–Crippen MR) is 17.1 cm³/mol. The third-order valence-corrected chi connectivity index (χ3v) is 0. The van der Waals surface area contributed by atoms with Crippen molar-refractivity contribution in [3.63, 3.8) is 0 Å². The fraction of sp³-hybridized carbons (Fsp3) is 0.500. The van der Waals surface area contributed by atoms with Crippen LogP contribution < -0.4 is 5.11 Å². The van der Waals surface area contributed by atoms with Gasteiger partial charge in [-0.25, -0.2) is 0 Å². The number of carbonyl (C=O) groups is 1. The fourth-order valence-electron chi connectivity index (χ4n) is 0. The Kier molecular flexibility index (Phi) is 35.2. The standard InChI is InChI=1S/C2H4O2.Hg.O.Pb/c1-2(3)4;;;/h1H3,(H,3,4);;;/q;+1;;/p-1. The van der Waals surface area contributed by atoms with E-state index in [1.807, 2.05) is 0 Å². The normalized spacial score (nSPS) is 4.14. The maximum atomic E-state index is 8.89. The molecule has 0 bridgehead atoms. The Morgan fingerprint density at radius 1 is 1.57 bits per heavy atom. The Labute approximate surface area is 78.1 Å². The summed E-state index contributed by atoms with van der Waals surface area (Å²) < 4.78 is 8.39. The molecule has 0 N–H and O–H groups in total. The first-order chi connectivity index (χ1) is 2.73. The van der Waals surface area contributed by atoms with Crippen molar-refractivity contribution in [1.29, 1.82) is 0 Å². The summed E-state index contributed by atoms with van der Waals surface area (Å²) in [6.45, 7) is 0.972. The van der Waals surface area contributed by atoms with E-state index in [1.54, 1.807) is 0 Å². The summed E-state index contributed by atoms with van der Waals surface area (Å²) in [6.07, 6.45) is 0. The second kappa shape index (κ2) is 15.7. The van der Waals surface area contributed by atoms with Crippen molar-refractivity contribution in [2.75, 3.05) is 0 Å². The van der Waals surface area contributed by atoms with Crippen LogP contribution in [0, 0.1) is 0 Å². The van der Waals surface area contributed by atoms with Crippen LogP contribution in [0.25, 0.3) is 0 Å². The van der Waals surface area contributed by atoms with Crippen LogP contribution in [0.4, 0.5) is 0 Å². The molecule has 0 saturated heterocycles. The van der Waals surface area contributed by atoms with Crippen LogP contribution in [0.3, 0.4) is 0 Å². The Morgan fingerprint density at radius 3 is 1.57 bits per heavy atom. The Hall–Kier alpha value is 1.13. The molecule has 35 valence electrons. The topological polar surface area (TPSA) is 57.2 Å². The number of rotatable bonds is 0. The zero-order valence-corrected chi connectivity index (χ0v) is 13.3. The summed E-state index contributed by atoms with van der Waals surface area (Å²) in [5.41, 5.74) is 0. The molecule has 0 fully saturated rings. The van der Waals surface area contributed by atoms with Crippen LogP contribution in [-0.2, 0) is 35.1 Å². The van der Waals surface area contributed by atoms with Gasteiger partial charge >= 0.3 is 56.1 Å². The summed E-state index contributed by atoms with van der Waals surface area (Å²) in [5, 5.41) is 8.89. The molecule has 0 aliphatic heterocycles. The van der Waals surface area contributed by atoms with E-state index in [1.165, 1.54) is 0 Å². The molecule has 0 saturated carbocycles. The number of hydrogen-bond acceptors (Lipinski definition) is 3. The minimum atomic E-state index is -1.08. The molecule has 0 heterocycles. The van der Waals surface area contributed by atoms with Crippen molar-refractivity contribution in [3.05, 3.63) is 0 Å². The molecule has 3 nitrogen and oxygen atoms in total. The van der Waals surface area contributed by atoms with Crippen LogP contribution in [-0.4, -0.2) is 31.7 Å². The number of carbonyl (C=O) groups excluding carboxylic acids is 1.